The molecule has 0 saturated carbocycles. The van der Waals surface area contributed by atoms with Crippen LogP contribution in [0.25, 0.3) is 10.9 Å². The first kappa shape index (κ1) is 23.6. The average molecular weight is 484 g/mol. The van der Waals surface area contributed by atoms with Crippen molar-refractivity contribution in [2.24, 2.45) is 10.2 Å². The highest BCUT2D eigenvalue weighted by Gasteiger charge is 2.29. The van der Waals surface area contributed by atoms with E-state index in [9.17, 15) is 9.90 Å². The van der Waals surface area contributed by atoms with Crippen LogP contribution in [0.5, 0.6) is 17.4 Å². The SMILES string of the molecule is CC(C)(C)c1ccc2c(c1)O[C@@H](C(=O)N=Nc1c(O)n(CCc3ccccc3)c3ccccc13)CO2. The number of hydrogen-bond acceptors (Lipinski definition) is 5. The lowest BCUT2D eigenvalue weighted by molar-refractivity contribution is -0.127. The lowest BCUT2D eigenvalue weighted by Crippen LogP contribution is -2.35. The topological polar surface area (TPSA) is 85.4 Å². The van der Waals surface area contributed by atoms with Crippen LogP contribution in [0.15, 0.2) is 83.0 Å². The Kier molecular flexibility index (Phi) is 6.22. The van der Waals surface area contributed by atoms with E-state index in [4.69, 9.17) is 9.47 Å². The largest absolute Gasteiger partial charge is 0.493 e. The van der Waals surface area contributed by atoms with Crippen molar-refractivity contribution in [2.45, 2.75) is 45.3 Å². The lowest BCUT2D eigenvalue weighted by atomic mass is 9.87. The molecule has 2 heterocycles. The van der Waals surface area contributed by atoms with E-state index in [0.717, 1.165) is 28.5 Å². The molecule has 184 valence electrons. The number of rotatable bonds is 5. The van der Waals surface area contributed by atoms with Gasteiger partial charge in [-0.15, -0.1) is 10.2 Å². The van der Waals surface area contributed by atoms with E-state index >= 15 is 0 Å². The van der Waals surface area contributed by atoms with Gasteiger partial charge in [0.05, 0.1) is 5.52 Å². The van der Waals surface area contributed by atoms with Gasteiger partial charge in [0.15, 0.2) is 17.2 Å². The number of aryl methyl sites for hydroxylation is 2. The molecule has 1 atom stereocenters. The summed E-state index contributed by atoms with van der Waals surface area (Å²) in [4.78, 5) is 12.9. The summed E-state index contributed by atoms with van der Waals surface area (Å²) in [7, 11) is 0. The first-order valence-corrected chi connectivity index (χ1v) is 12.0. The Bertz CT molecular complexity index is 1430. The predicted octanol–water partition coefficient (Wildman–Crippen LogP) is 6.34. The average Bonchev–Trinajstić information content (AvgIpc) is 3.15. The molecule has 0 fully saturated rings. The molecular weight excluding hydrogens is 454 g/mol. The van der Waals surface area contributed by atoms with Crippen molar-refractivity contribution in [3.63, 3.8) is 0 Å². The molecule has 0 bridgehead atoms. The number of amides is 1. The molecule has 7 heteroatoms. The van der Waals surface area contributed by atoms with Crippen LogP contribution < -0.4 is 9.47 Å². The minimum absolute atomic E-state index is 0.0235. The summed E-state index contributed by atoms with van der Waals surface area (Å²) >= 11 is 0. The Balaban J connectivity index is 1.37. The van der Waals surface area contributed by atoms with Gasteiger partial charge < -0.3 is 19.1 Å². The Hall–Kier alpha value is -4.13. The number of benzene rings is 3. The molecule has 36 heavy (non-hydrogen) atoms. The molecule has 1 N–H and O–H groups in total. The normalized spacial score (nSPS) is 15.5. The zero-order chi connectivity index (χ0) is 25.3. The number of para-hydroxylation sites is 1. The first-order chi connectivity index (χ1) is 17.3. The van der Waals surface area contributed by atoms with Crippen molar-refractivity contribution in [3.8, 4) is 17.4 Å². The minimum atomic E-state index is -0.912. The highest BCUT2D eigenvalue weighted by molar-refractivity contribution is 5.95. The standard InChI is InChI=1S/C29H29N3O4/c1-29(2,3)20-13-14-23-24(17-20)36-25(18-35-23)27(33)31-30-26-21-11-7-8-12-22(21)32(28(26)34)16-15-19-9-5-4-6-10-19/h4-14,17,25,34H,15-16,18H2,1-3H3/t25-/m1/s1. The highest BCUT2D eigenvalue weighted by Crippen LogP contribution is 2.40. The maximum Gasteiger partial charge on any atom is 0.308 e. The molecule has 1 aromatic heterocycles. The maximum absolute atomic E-state index is 12.9. The molecule has 0 saturated heterocycles. The Morgan fingerprint density at radius 3 is 2.56 bits per heavy atom. The molecule has 0 aliphatic carbocycles. The monoisotopic (exact) mass is 483 g/mol. The van der Waals surface area contributed by atoms with Crippen LogP contribution >= 0.6 is 0 Å². The number of fused-ring (bicyclic) bond motifs is 2. The van der Waals surface area contributed by atoms with E-state index in [2.05, 4.69) is 43.1 Å². The fraction of sp³-hybridized carbons (Fsp3) is 0.276. The number of hydrogen-bond donors (Lipinski definition) is 1. The third-order valence-electron chi connectivity index (χ3n) is 6.38. The minimum Gasteiger partial charge on any atom is -0.493 e. The second kappa shape index (κ2) is 9.49. The van der Waals surface area contributed by atoms with Crippen molar-refractivity contribution in [1.82, 2.24) is 4.57 Å². The first-order valence-electron chi connectivity index (χ1n) is 12.0. The number of carbonyl (C=O) groups is 1. The van der Waals surface area contributed by atoms with E-state index in [1.165, 1.54) is 0 Å². The van der Waals surface area contributed by atoms with Crippen molar-refractivity contribution < 1.29 is 19.4 Å². The summed E-state index contributed by atoms with van der Waals surface area (Å²) in [5, 5.41) is 19.8. The number of azo groups is 1. The zero-order valence-corrected chi connectivity index (χ0v) is 20.6. The van der Waals surface area contributed by atoms with Gasteiger partial charge in [0, 0.05) is 11.9 Å². The molecule has 4 aromatic rings. The van der Waals surface area contributed by atoms with Crippen LogP contribution in [0.2, 0.25) is 0 Å². The second-order valence-electron chi connectivity index (χ2n) is 9.94. The maximum atomic E-state index is 12.9. The quantitative estimate of drug-likeness (QED) is 0.336. The van der Waals surface area contributed by atoms with Crippen molar-refractivity contribution in [2.75, 3.05) is 6.61 Å². The molecule has 0 radical (unpaired) electrons. The molecule has 1 amide bonds. The van der Waals surface area contributed by atoms with Gasteiger partial charge in [0.25, 0.3) is 0 Å². The zero-order valence-electron chi connectivity index (χ0n) is 20.6. The van der Waals surface area contributed by atoms with Gasteiger partial charge in [-0.05, 0) is 41.2 Å². The summed E-state index contributed by atoms with van der Waals surface area (Å²) in [6.07, 6.45) is -0.170. The van der Waals surface area contributed by atoms with Gasteiger partial charge in [-0.25, -0.2) is 0 Å². The van der Waals surface area contributed by atoms with Crippen LogP contribution in [0.4, 0.5) is 5.69 Å². The molecule has 1 aliphatic rings. The van der Waals surface area contributed by atoms with Gasteiger partial charge in [-0.2, -0.15) is 0 Å². The fourth-order valence-corrected chi connectivity index (χ4v) is 4.31. The summed E-state index contributed by atoms with van der Waals surface area (Å²) in [6, 6.07) is 23.4. The molecular formula is C29H29N3O4. The van der Waals surface area contributed by atoms with Crippen molar-refractivity contribution >= 4 is 22.5 Å². The summed E-state index contributed by atoms with van der Waals surface area (Å²) < 4.78 is 13.5. The van der Waals surface area contributed by atoms with Gasteiger partial charge in [0.1, 0.15) is 6.61 Å². The van der Waals surface area contributed by atoms with E-state index in [1.54, 1.807) is 4.57 Å². The molecule has 0 unspecified atom stereocenters. The number of aromatic hydroxyl groups is 1. The van der Waals surface area contributed by atoms with Crippen LogP contribution in [0.3, 0.4) is 0 Å². The predicted molar refractivity (Wildman–Crippen MR) is 138 cm³/mol. The Morgan fingerprint density at radius 1 is 1.03 bits per heavy atom. The molecule has 1 aliphatic heterocycles. The molecule has 5 rings (SSSR count). The second-order valence-corrected chi connectivity index (χ2v) is 9.94. The number of carbonyl (C=O) groups excluding carboxylic acids is 1. The third kappa shape index (κ3) is 4.69. The Morgan fingerprint density at radius 2 is 1.78 bits per heavy atom. The molecule has 0 spiro atoms. The van der Waals surface area contributed by atoms with Crippen LogP contribution in [-0.4, -0.2) is 28.3 Å². The summed E-state index contributed by atoms with van der Waals surface area (Å²) in [6.45, 7) is 6.94. The van der Waals surface area contributed by atoms with E-state index in [-0.39, 0.29) is 23.6 Å². The molecule has 7 nitrogen and oxygen atoms in total. The lowest BCUT2D eigenvalue weighted by Gasteiger charge is -2.27. The summed E-state index contributed by atoms with van der Waals surface area (Å²) in [5.74, 6) is 0.526. The van der Waals surface area contributed by atoms with E-state index in [1.807, 2.05) is 60.7 Å². The van der Waals surface area contributed by atoms with Gasteiger partial charge in [-0.3, -0.25) is 4.79 Å². The smallest absolute Gasteiger partial charge is 0.308 e. The van der Waals surface area contributed by atoms with E-state index < -0.39 is 12.0 Å². The summed E-state index contributed by atoms with van der Waals surface area (Å²) in [5.41, 5.74) is 3.26. The Labute approximate surface area is 210 Å². The third-order valence-corrected chi connectivity index (χ3v) is 6.38. The van der Waals surface area contributed by atoms with Gasteiger partial charge in [-0.1, -0.05) is 75.4 Å². The van der Waals surface area contributed by atoms with Gasteiger partial charge in [0.2, 0.25) is 12.0 Å². The molecule has 3 aromatic carbocycles. The van der Waals surface area contributed by atoms with E-state index in [0.29, 0.717) is 18.0 Å². The van der Waals surface area contributed by atoms with Crippen LogP contribution in [-0.2, 0) is 23.2 Å². The van der Waals surface area contributed by atoms with Crippen molar-refractivity contribution in [1.29, 1.82) is 0 Å². The van der Waals surface area contributed by atoms with Crippen molar-refractivity contribution in [3.05, 3.63) is 83.9 Å². The fourth-order valence-electron chi connectivity index (χ4n) is 4.31. The number of ether oxygens (including phenoxy) is 2. The van der Waals surface area contributed by atoms with Crippen LogP contribution in [0.1, 0.15) is 31.9 Å². The van der Waals surface area contributed by atoms with Gasteiger partial charge >= 0.3 is 5.91 Å². The number of nitrogens with zero attached hydrogens (tertiary/aromatic N) is 3. The number of aromatic nitrogens is 1. The highest BCUT2D eigenvalue weighted by atomic mass is 16.6. The van der Waals surface area contributed by atoms with Crippen LogP contribution in [0, 0.1) is 0 Å².